The van der Waals surface area contributed by atoms with Crippen LogP contribution in [0.1, 0.15) is 18.1 Å². The zero-order chi connectivity index (χ0) is 13.5. The minimum absolute atomic E-state index is 0. The second-order valence-electron chi connectivity index (χ2n) is 4.15. The first kappa shape index (κ1) is 16.8. The van der Waals surface area contributed by atoms with Gasteiger partial charge in [0.1, 0.15) is 5.75 Å². The van der Waals surface area contributed by atoms with Crippen LogP contribution in [0.5, 0.6) is 5.75 Å². The minimum atomic E-state index is 0. The van der Waals surface area contributed by atoms with Crippen molar-refractivity contribution < 1.29 is 4.74 Å². The van der Waals surface area contributed by atoms with Crippen molar-refractivity contribution in [1.82, 2.24) is 10.3 Å². The first-order chi connectivity index (χ1) is 9.29. The maximum absolute atomic E-state index is 6.02. The molecule has 0 spiro atoms. The molecule has 1 aromatic heterocycles. The minimum Gasteiger partial charge on any atom is -0.494 e. The summed E-state index contributed by atoms with van der Waals surface area (Å²) >= 11 is 6.02. The molecular weight excluding hydrogens is 295 g/mol. The Hall–Kier alpha value is -1.29. The molecule has 0 bridgehead atoms. The average molecular weight is 313 g/mol. The molecule has 0 aliphatic carbocycles. The molecule has 0 atom stereocenters. The van der Waals surface area contributed by atoms with Gasteiger partial charge in [0.05, 0.1) is 6.61 Å². The Kier molecular flexibility index (Phi) is 7.37. The number of halogens is 2. The van der Waals surface area contributed by atoms with Gasteiger partial charge in [0.2, 0.25) is 0 Å². The van der Waals surface area contributed by atoms with Gasteiger partial charge in [0, 0.05) is 36.1 Å². The molecule has 1 N–H and O–H groups in total. The summed E-state index contributed by atoms with van der Waals surface area (Å²) in [5.41, 5.74) is 2.22. The highest BCUT2D eigenvalue weighted by Crippen LogP contribution is 2.22. The number of ether oxygens (including phenoxy) is 1. The third-order valence-electron chi connectivity index (χ3n) is 2.69. The fourth-order valence-corrected chi connectivity index (χ4v) is 2.02. The Morgan fingerprint density at radius 3 is 2.80 bits per heavy atom. The van der Waals surface area contributed by atoms with Crippen LogP contribution in [-0.2, 0) is 13.1 Å². The number of benzene rings is 1. The Morgan fingerprint density at radius 2 is 2.10 bits per heavy atom. The molecule has 108 valence electrons. The molecule has 0 amide bonds. The van der Waals surface area contributed by atoms with Gasteiger partial charge >= 0.3 is 0 Å². The number of hydrogen-bond donors (Lipinski definition) is 1. The zero-order valence-corrected chi connectivity index (χ0v) is 12.9. The van der Waals surface area contributed by atoms with Crippen LogP contribution in [0.3, 0.4) is 0 Å². The summed E-state index contributed by atoms with van der Waals surface area (Å²) in [5, 5.41) is 4.09. The van der Waals surface area contributed by atoms with Crippen molar-refractivity contribution in [1.29, 1.82) is 0 Å². The van der Waals surface area contributed by atoms with Gasteiger partial charge in [-0.05, 0) is 36.8 Å². The Labute approximate surface area is 130 Å². The van der Waals surface area contributed by atoms with Gasteiger partial charge in [0.25, 0.3) is 0 Å². The van der Waals surface area contributed by atoms with E-state index in [4.69, 9.17) is 16.3 Å². The predicted octanol–water partition coefficient (Wildman–Crippen LogP) is 3.85. The number of hydrogen-bond acceptors (Lipinski definition) is 3. The van der Waals surface area contributed by atoms with Crippen molar-refractivity contribution in [3.63, 3.8) is 0 Å². The molecule has 2 rings (SSSR count). The molecule has 5 heteroatoms. The topological polar surface area (TPSA) is 34.1 Å². The van der Waals surface area contributed by atoms with E-state index in [-0.39, 0.29) is 12.4 Å². The Bertz CT molecular complexity index is 521. The third kappa shape index (κ3) is 5.00. The largest absolute Gasteiger partial charge is 0.494 e. The van der Waals surface area contributed by atoms with Crippen molar-refractivity contribution in [3.8, 4) is 5.75 Å². The van der Waals surface area contributed by atoms with E-state index in [1.807, 2.05) is 43.5 Å². The highest BCUT2D eigenvalue weighted by atomic mass is 35.5. The molecule has 0 fully saturated rings. The summed E-state index contributed by atoms with van der Waals surface area (Å²) < 4.78 is 5.58. The Morgan fingerprint density at radius 1 is 1.25 bits per heavy atom. The fraction of sp³-hybridized carbons (Fsp3) is 0.267. The number of pyridine rings is 1. The van der Waals surface area contributed by atoms with Crippen LogP contribution in [0.15, 0.2) is 42.7 Å². The van der Waals surface area contributed by atoms with Gasteiger partial charge in [-0.3, -0.25) is 4.98 Å². The van der Waals surface area contributed by atoms with Gasteiger partial charge in [-0.25, -0.2) is 0 Å². The first-order valence-electron chi connectivity index (χ1n) is 6.30. The maximum Gasteiger partial charge on any atom is 0.123 e. The molecule has 20 heavy (non-hydrogen) atoms. The zero-order valence-electron chi connectivity index (χ0n) is 11.3. The number of nitrogens with one attached hydrogen (secondary N) is 1. The number of aromatic nitrogens is 1. The standard InChI is InChI=1S/C15H17ClN2O.ClH/c1-2-19-15-6-5-14(16)8-13(15)11-18-10-12-4-3-7-17-9-12;/h3-9,18H,2,10-11H2,1H3;1H. The molecular formula is C15H18Cl2N2O. The molecule has 3 nitrogen and oxygen atoms in total. The summed E-state index contributed by atoms with van der Waals surface area (Å²) in [4.78, 5) is 4.09. The molecule has 1 heterocycles. The summed E-state index contributed by atoms with van der Waals surface area (Å²) in [6.07, 6.45) is 3.63. The van der Waals surface area contributed by atoms with Crippen LogP contribution in [0.2, 0.25) is 5.02 Å². The highest BCUT2D eigenvalue weighted by molar-refractivity contribution is 6.30. The lowest BCUT2D eigenvalue weighted by molar-refractivity contribution is 0.335. The van der Waals surface area contributed by atoms with Crippen molar-refractivity contribution in [2.45, 2.75) is 20.0 Å². The van der Waals surface area contributed by atoms with Crippen LogP contribution in [-0.4, -0.2) is 11.6 Å². The highest BCUT2D eigenvalue weighted by Gasteiger charge is 2.04. The average Bonchev–Trinajstić information content (AvgIpc) is 2.43. The lowest BCUT2D eigenvalue weighted by atomic mass is 10.2. The summed E-state index contributed by atoms with van der Waals surface area (Å²) in [5.74, 6) is 0.880. The van der Waals surface area contributed by atoms with Crippen molar-refractivity contribution in [3.05, 3.63) is 58.9 Å². The van der Waals surface area contributed by atoms with E-state index in [0.717, 1.165) is 28.4 Å². The van der Waals surface area contributed by atoms with Crippen LogP contribution < -0.4 is 10.1 Å². The van der Waals surface area contributed by atoms with E-state index in [9.17, 15) is 0 Å². The molecule has 2 aromatic rings. The van der Waals surface area contributed by atoms with Gasteiger partial charge in [-0.2, -0.15) is 0 Å². The van der Waals surface area contributed by atoms with E-state index >= 15 is 0 Å². The second-order valence-corrected chi connectivity index (χ2v) is 4.59. The predicted molar refractivity (Wildman–Crippen MR) is 84.6 cm³/mol. The lowest BCUT2D eigenvalue weighted by Crippen LogP contribution is -2.13. The molecule has 1 aromatic carbocycles. The summed E-state index contributed by atoms with van der Waals surface area (Å²) in [7, 11) is 0. The van der Waals surface area contributed by atoms with E-state index < -0.39 is 0 Å². The van der Waals surface area contributed by atoms with E-state index in [0.29, 0.717) is 13.2 Å². The van der Waals surface area contributed by atoms with E-state index in [1.165, 1.54) is 0 Å². The molecule has 0 radical (unpaired) electrons. The van der Waals surface area contributed by atoms with E-state index in [2.05, 4.69) is 10.3 Å². The van der Waals surface area contributed by atoms with Gasteiger partial charge in [-0.1, -0.05) is 17.7 Å². The van der Waals surface area contributed by atoms with Crippen molar-refractivity contribution >= 4 is 24.0 Å². The van der Waals surface area contributed by atoms with Gasteiger partial charge < -0.3 is 10.1 Å². The molecule has 0 aliphatic heterocycles. The quantitative estimate of drug-likeness (QED) is 0.880. The normalized spacial score (nSPS) is 9.90. The monoisotopic (exact) mass is 312 g/mol. The molecule has 0 unspecified atom stereocenters. The van der Waals surface area contributed by atoms with Crippen molar-refractivity contribution in [2.75, 3.05) is 6.61 Å². The van der Waals surface area contributed by atoms with Crippen molar-refractivity contribution in [2.24, 2.45) is 0 Å². The van der Waals surface area contributed by atoms with Gasteiger partial charge in [0.15, 0.2) is 0 Å². The van der Waals surface area contributed by atoms with Gasteiger partial charge in [-0.15, -0.1) is 12.4 Å². The summed E-state index contributed by atoms with van der Waals surface area (Å²) in [6.45, 7) is 4.11. The molecule has 0 aliphatic rings. The third-order valence-corrected chi connectivity index (χ3v) is 2.92. The second kappa shape index (κ2) is 8.80. The smallest absolute Gasteiger partial charge is 0.123 e. The van der Waals surface area contributed by atoms with E-state index in [1.54, 1.807) is 6.20 Å². The van der Waals surface area contributed by atoms with Crippen LogP contribution in [0.25, 0.3) is 0 Å². The van der Waals surface area contributed by atoms with Crippen LogP contribution in [0, 0.1) is 0 Å². The summed E-state index contributed by atoms with van der Waals surface area (Å²) in [6, 6.07) is 9.66. The molecule has 0 saturated heterocycles. The number of rotatable bonds is 6. The fourth-order valence-electron chi connectivity index (χ4n) is 1.83. The number of nitrogens with zero attached hydrogens (tertiary/aromatic N) is 1. The first-order valence-corrected chi connectivity index (χ1v) is 6.68. The Balaban J connectivity index is 0.00000200. The maximum atomic E-state index is 6.02. The van der Waals surface area contributed by atoms with Crippen LogP contribution in [0.4, 0.5) is 0 Å². The SMILES string of the molecule is CCOc1ccc(Cl)cc1CNCc1cccnc1.Cl. The molecule has 0 saturated carbocycles. The lowest BCUT2D eigenvalue weighted by Gasteiger charge is -2.11. The van der Waals surface area contributed by atoms with Crippen LogP contribution >= 0.6 is 24.0 Å².